The highest BCUT2D eigenvalue weighted by Crippen LogP contribution is 2.44. The molecule has 0 radical (unpaired) electrons. The number of fused-ring (bicyclic) bond motifs is 1. The quantitative estimate of drug-likeness (QED) is 0.722. The highest BCUT2D eigenvalue weighted by molar-refractivity contribution is 5.82. The molecule has 1 unspecified atom stereocenters. The topological polar surface area (TPSA) is 45.2 Å². The normalized spacial score (nSPS) is 16.7. The molecule has 5 heteroatoms. The van der Waals surface area contributed by atoms with E-state index in [1.54, 1.807) is 24.8 Å². The van der Waals surface area contributed by atoms with E-state index in [4.69, 9.17) is 0 Å². The predicted octanol–water partition coefficient (Wildman–Crippen LogP) is 3.51. The van der Waals surface area contributed by atoms with Gasteiger partial charge in [-0.25, -0.2) is 9.97 Å². The number of para-hydroxylation sites is 1. The van der Waals surface area contributed by atoms with Crippen molar-refractivity contribution in [1.82, 2.24) is 15.0 Å². The van der Waals surface area contributed by atoms with Crippen LogP contribution < -0.4 is 9.80 Å². The summed E-state index contributed by atoms with van der Waals surface area (Å²) in [4.78, 5) is 17.6. The molecule has 0 aliphatic carbocycles. The Morgan fingerprint density at radius 2 is 1.27 bits per heavy atom. The van der Waals surface area contributed by atoms with Crippen molar-refractivity contribution in [1.29, 1.82) is 0 Å². The van der Waals surface area contributed by atoms with Crippen molar-refractivity contribution in [2.45, 2.75) is 13.1 Å². The van der Waals surface area contributed by atoms with Gasteiger partial charge in [-0.1, -0.05) is 18.2 Å². The molecule has 2 aromatic heterocycles. The van der Waals surface area contributed by atoms with E-state index < -0.39 is 0 Å². The number of benzene rings is 1. The Morgan fingerprint density at radius 1 is 0.727 bits per heavy atom. The molecule has 3 heterocycles. The Bertz CT molecular complexity index is 709. The largest absolute Gasteiger partial charge is 0.302 e. The van der Waals surface area contributed by atoms with Crippen molar-refractivity contribution in [2.75, 3.05) is 9.80 Å². The molecule has 0 N–H and O–H groups in total. The lowest BCUT2D eigenvalue weighted by Crippen LogP contribution is -2.35. The van der Waals surface area contributed by atoms with Gasteiger partial charge in [0.2, 0.25) is 0 Å². The number of hydrogen-bond acceptors (Lipinski definition) is 5. The highest BCUT2D eigenvalue weighted by Gasteiger charge is 2.36. The summed E-state index contributed by atoms with van der Waals surface area (Å²) in [5, 5.41) is 0. The average Bonchev–Trinajstić information content (AvgIpc) is 2.88. The van der Waals surface area contributed by atoms with E-state index in [0.29, 0.717) is 0 Å². The maximum Gasteiger partial charge on any atom is 0.178 e. The molecule has 1 aliphatic rings. The summed E-state index contributed by atoms with van der Waals surface area (Å²) in [6, 6.07) is 14.2. The van der Waals surface area contributed by atoms with Crippen molar-refractivity contribution in [3.8, 4) is 0 Å². The number of pyridine rings is 1. The summed E-state index contributed by atoms with van der Waals surface area (Å²) in [7, 11) is 0. The number of nitrogens with zero attached hydrogens (tertiary/aromatic N) is 5. The maximum absolute atomic E-state index is 4.55. The molecule has 0 saturated heterocycles. The van der Waals surface area contributed by atoms with Crippen molar-refractivity contribution >= 4 is 23.0 Å². The maximum atomic E-state index is 4.55. The summed E-state index contributed by atoms with van der Waals surface area (Å²) in [6.45, 7) is 2.15. The minimum Gasteiger partial charge on any atom is -0.302 e. The van der Waals surface area contributed by atoms with Crippen LogP contribution in [0.3, 0.4) is 0 Å². The molecule has 3 aromatic rings. The van der Waals surface area contributed by atoms with Crippen LogP contribution in [0.25, 0.3) is 0 Å². The smallest absolute Gasteiger partial charge is 0.178 e. The molecule has 0 spiro atoms. The van der Waals surface area contributed by atoms with Crippen LogP contribution in [0.15, 0.2) is 67.3 Å². The lowest BCUT2D eigenvalue weighted by Gasteiger charge is -2.29. The molecule has 0 amide bonds. The van der Waals surface area contributed by atoms with Gasteiger partial charge in [0.15, 0.2) is 11.6 Å². The SMILES string of the molecule is CC1N(c2ccccc2)c2nccnc2N1c1ccncc1. The summed E-state index contributed by atoms with van der Waals surface area (Å²) in [5.41, 5.74) is 2.16. The van der Waals surface area contributed by atoms with Crippen molar-refractivity contribution in [3.05, 3.63) is 67.3 Å². The first-order chi connectivity index (χ1) is 10.9. The molecular formula is C17H15N5. The van der Waals surface area contributed by atoms with Gasteiger partial charge < -0.3 is 9.80 Å². The summed E-state index contributed by atoms with van der Waals surface area (Å²) >= 11 is 0. The van der Waals surface area contributed by atoms with E-state index >= 15 is 0 Å². The lowest BCUT2D eigenvalue weighted by molar-refractivity contribution is 0.754. The van der Waals surface area contributed by atoms with Gasteiger partial charge in [-0.3, -0.25) is 4.98 Å². The van der Waals surface area contributed by atoms with Gasteiger partial charge in [0.05, 0.1) is 0 Å². The molecule has 1 atom stereocenters. The van der Waals surface area contributed by atoms with Crippen LogP contribution in [0.1, 0.15) is 6.92 Å². The first kappa shape index (κ1) is 12.8. The monoisotopic (exact) mass is 289 g/mol. The van der Waals surface area contributed by atoms with E-state index in [9.17, 15) is 0 Å². The summed E-state index contributed by atoms with van der Waals surface area (Å²) < 4.78 is 0. The summed E-state index contributed by atoms with van der Waals surface area (Å²) in [5.74, 6) is 1.74. The lowest BCUT2D eigenvalue weighted by atomic mass is 10.3. The van der Waals surface area contributed by atoms with Gasteiger partial charge >= 0.3 is 0 Å². The van der Waals surface area contributed by atoms with E-state index in [1.165, 1.54) is 0 Å². The van der Waals surface area contributed by atoms with E-state index in [0.717, 1.165) is 23.0 Å². The van der Waals surface area contributed by atoms with Crippen LogP contribution in [0.2, 0.25) is 0 Å². The van der Waals surface area contributed by atoms with Gasteiger partial charge in [0.1, 0.15) is 6.17 Å². The van der Waals surface area contributed by atoms with Crippen molar-refractivity contribution < 1.29 is 0 Å². The Hall–Kier alpha value is -2.95. The first-order valence-corrected chi connectivity index (χ1v) is 7.21. The third-order valence-electron chi connectivity index (χ3n) is 3.84. The van der Waals surface area contributed by atoms with Gasteiger partial charge in [-0.2, -0.15) is 0 Å². The fourth-order valence-electron chi connectivity index (χ4n) is 2.90. The van der Waals surface area contributed by atoms with E-state index in [2.05, 4.69) is 43.8 Å². The molecule has 4 rings (SSSR count). The number of hydrogen-bond donors (Lipinski definition) is 0. The van der Waals surface area contributed by atoms with Gasteiger partial charge in [0.25, 0.3) is 0 Å². The molecule has 108 valence electrons. The molecule has 22 heavy (non-hydrogen) atoms. The van der Waals surface area contributed by atoms with Crippen LogP contribution in [0.4, 0.5) is 23.0 Å². The fourth-order valence-corrected chi connectivity index (χ4v) is 2.90. The summed E-state index contributed by atoms with van der Waals surface area (Å²) in [6.07, 6.45) is 7.14. The molecule has 0 bridgehead atoms. The Labute approximate surface area is 128 Å². The Balaban J connectivity index is 1.87. The zero-order chi connectivity index (χ0) is 14.9. The fraction of sp³-hybridized carbons (Fsp3) is 0.118. The molecule has 0 saturated carbocycles. The van der Waals surface area contributed by atoms with Gasteiger partial charge in [-0.15, -0.1) is 0 Å². The zero-order valence-corrected chi connectivity index (χ0v) is 12.2. The molecule has 1 aromatic carbocycles. The highest BCUT2D eigenvalue weighted by atomic mass is 15.5. The third kappa shape index (κ3) is 1.90. The second kappa shape index (κ2) is 5.11. The second-order valence-electron chi connectivity index (χ2n) is 5.12. The first-order valence-electron chi connectivity index (χ1n) is 7.21. The van der Waals surface area contributed by atoms with E-state index in [-0.39, 0.29) is 6.17 Å². The second-order valence-corrected chi connectivity index (χ2v) is 5.12. The van der Waals surface area contributed by atoms with Crippen LogP contribution in [0, 0.1) is 0 Å². The van der Waals surface area contributed by atoms with Gasteiger partial charge in [-0.05, 0) is 31.2 Å². The van der Waals surface area contributed by atoms with Crippen LogP contribution in [-0.4, -0.2) is 21.1 Å². The van der Waals surface area contributed by atoms with Crippen molar-refractivity contribution in [2.24, 2.45) is 0 Å². The zero-order valence-electron chi connectivity index (χ0n) is 12.2. The molecule has 0 fully saturated rings. The van der Waals surface area contributed by atoms with Crippen molar-refractivity contribution in [3.63, 3.8) is 0 Å². The van der Waals surface area contributed by atoms with Crippen LogP contribution in [-0.2, 0) is 0 Å². The van der Waals surface area contributed by atoms with Crippen LogP contribution in [0.5, 0.6) is 0 Å². The van der Waals surface area contributed by atoms with Gasteiger partial charge in [0, 0.05) is 36.2 Å². The Morgan fingerprint density at radius 3 is 1.86 bits per heavy atom. The minimum atomic E-state index is 0.0854. The molecular weight excluding hydrogens is 274 g/mol. The predicted molar refractivity (Wildman–Crippen MR) is 86.5 cm³/mol. The number of anilines is 4. The van der Waals surface area contributed by atoms with E-state index in [1.807, 2.05) is 30.3 Å². The average molecular weight is 289 g/mol. The molecule has 1 aliphatic heterocycles. The minimum absolute atomic E-state index is 0.0854. The standard InChI is InChI=1S/C17H15N5/c1-13-21(14-5-3-2-4-6-14)16-17(20-12-11-19-16)22(13)15-7-9-18-10-8-15/h2-13H,1H3. The Kier molecular flexibility index (Phi) is 2.96. The van der Waals surface area contributed by atoms with Crippen LogP contribution >= 0.6 is 0 Å². The molecule has 5 nitrogen and oxygen atoms in total. The number of rotatable bonds is 2. The third-order valence-corrected chi connectivity index (χ3v) is 3.84. The number of aromatic nitrogens is 3.